The molecule has 0 radical (unpaired) electrons. The molecule has 1 atom stereocenters. The predicted molar refractivity (Wildman–Crippen MR) is 603 cm³/mol. The first kappa shape index (κ1) is 101. The lowest BCUT2D eigenvalue weighted by atomic mass is 9.68. The van der Waals surface area contributed by atoms with E-state index in [9.17, 15) is 0 Å². The average Bonchev–Trinajstić information content (AvgIpc) is 1.53. The maximum atomic E-state index is 8.02. The second-order valence-corrected chi connectivity index (χ2v) is 43.7. The van der Waals surface area contributed by atoms with Crippen molar-refractivity contribution in [2.75, 3.05) is 4.90 Å². The van der Waals surface area contributed by atoms with Gasteiger partial charge in [0.05, 0.1) is 17.1 Å². The summed E-state index contributed by atoms with van der Waals surface area (Å²) in [5, 5.41) is 0. The molecular weight excluding hydrogens is 1680 g/mol. The monoisotopic (exact) mass is 1850 g/mol. The molecule has 12 aromatic rings. The lowest BCUT2D eigenvalue weighted by Crippen LogP contribution is -2.27. The Balaban J connectivity index is 0.843. The van der Waals surface area contributed by atoms with E-state index < -0.39 is 0 Å². The average molecular weight is 1850 g/mol. The molecule has 5 aliphatic rings. The van der Waals surface area contributed by atoms with E-state index in [4.69, 9.17) is 4.74 Å². The topological polar surface area (TPSA) is 12.5 Å². The molecule has 0 spiro atoms. The van der Waals surface area contributed by atoms with Crippen molar-refractivity contribution in [3.63, 3.8) is 0 Å². The van der Waals surface area contributed by atoms with Crippen molar-refractivity contribution >= 4 is 17.1 Å². The molecule has 12 aromatic carbocycles. The van der Waals surface area contributed by atoms with Crippen molar-refractivity contribution in [2.45, 2.75) is 417 Å². The zero-order valence-electron chi connectivity index (χ0n) is 87.5. The summed E-state index contributed by atoms with van der Waals surface area (Å²) in [6.07, 6.45) is 68.0. The number of unbranched alkanes of at least 4 members (excludes halogenated alkanes) is 37. The fourth-order valence-electron chi connectivity index (χ4n) is 26.8. The summed E-state index contributed by atoms with van der Waals surface area (Å²) < 4.78 is 8.02. The minimum Gasteiger partial charge on any atom is -0.453 e. The van der Waals surface area contributed by atoms with E-state index in [1.165, 1.54) is 435 Å². The number of benzene rings is 12. The van der Waals surface area contributed by atoms with Crippen LogP contribution < -0.4 is 9.64 Å². The van der Waals surface area contributed by atoms with Crippen molar-refractivity contribution in [3.05, 3.63) is 293 Å². The first-order valence-electron chi connectivity index (χ1n) is 57.6. The number of hydrogen-bond acceptors (Lipinski definition) is 2. The highest BCUT2D eigenvalue weighted by Gasteiger charge is 2.51. The minimum atomic E-state index is -0.143. The van der Waals surface area contributed by atoms with E-state index in [-0.39, 0.29) is 21.7 Å². The fourth-order valence-corrected chi connectivity index (χ4v) is 26.8. The van der Waals surface area contributed by atoms with Crippen LogP contribution in [0.1, 0.15) is 440 Å². The van der Waals surface area contributed by atoms with Crippen LogP contribution >= 0.6 is 0 Å². The summed E-state index contributed by atoms with van der Waals surface area (Å²) in [7, 11) is 0. The first-order valence-corrected chi connectivity index (χ1v) is 57.6. The highest BCUT2D eigenvalue weighted by molar-refractivity contribution is 6.04. The molecule has 1 aliphatic heterocycles. The van der Waals surface area contributed by atoms with Crippen molar-refractivity contribution < 1.29 is 4.74 Å². The van der Waals surface area contributed by atoms with Crippen LogP contribution in [0.4, 0.5) is 17.1 Å². The largest absolute Gasteiger partial charge is 0.453 e. The number of nitrogens with zero attached hydrogens (tertiary/aromatic N) is 1. The Morgan fingerprint density at radius 3 is 0.691 bits per heavy atom. The number of ether oxygens (including phenoxy) is 1. The molecule has 1 heterocycles. The van der Waals surface area contributed by atoms with Crippen LogP contribution in [-0.4, -0.2) is 0 Å². The number of anilines is 3. The van der Waals surface area contributed by atoms with Crippen LogP contribution in [0.3, 0.4) is 0 Å². The molecule has 4 aliphatic carbocycles. The Hall–Kier alpha value is -9.76. The fraction of sp³-hybridized carbons (Fsp3) is 0.474. The van der Waals surface area contributed by atoms with Crippen LogP contribution in [0.2, 0.25) is 0 Å². The second-order valence-electron chi connectivity index (χ2n) is 43.7. The Kier molecular flexibility index (Phi) is 35.7. The Morgan fingerprint density at radius 2 is 0.396 bits per heavy atom. The SMILES string of the molecule is CCCCCCCCC1(CCCCCCC)c2cc(-c3ccc4c(c3)Oc3cc(-c5ccc6c(c5)C(CCCCCCCC)(CCCCCCCC)c5cc7c(cc5-6)C(CCCCCCCC)(CCCCCCCC)c5ccccc5-7)ccc3N4c3c(-c4ccccc4)cc(-c4ccccc4)cc3-c3ccccc3)ccc2-c2cc3c(cc21)-c1ccccc1C3(CCCCCCC)CCCCCCC. The van der Waals surface area contributed by atoms with Gasteiger partial charge in [0.2, 0.25) is 0 Å². The maximum absolute atomic E-state index is 8.02. The summed E-state index contributed by atoms with van der Waals surface area (Å²) in [5.74, 6) is 1.75. The van der Waals surface area contributed by atoms with Gasteiger partial charge >= 0.3 is 0 Å². The van der Waals surface area contributed by atoms with Gasteiger partial charge in [0, 0.05) is 32.8 Å². The van der Waals surface area contributed by atoms with Crippen LogP contribution in [0.15, 0.2) is 249 Å². The van der Waals surface area contributed by atoms with Gasteiger partial charge in [0.25, 0.3) is 0 Å². The Labute approximate surface area is 843 Å². The molecule has 2 nitrogen and oxygen atoms in total. The predicted octanol–water partition coefficient (Wildman–Crippen LogP) is 43.5. The van der Waals surface area contributed by atoms with Crippen molar-refractivity contribution in [2.24, 2.45) is 0 Å². The molecule has 0 saturated heterocycles. The van der Waals surface area contributed by atoms with Crippen molar-refractivity contribution in [1.29, 1.82) is 0 Å². The van der Waals surface area contributed by atoms with Crippen LogP contribution in [0.5, 0.6) is 11.5 Å². The Bertz CT molecular complexity index is 5780. The third-order valence-electron chi connectivity index (χ3n) is 34.3. The van der Waals surface area contributed by atoms with Crippen LogP contribution in [0.25, 0.3) is 100 Å². The van der Waals surface area contributed by atoms with E-state index in [1.54, 1.807) is 50.1 Å². The van der Waals surface area contributed by atoms with Crippen molar-refractivity contribution in [3.8, 4) is 112 Å². The zero-order chi connectivity index (χ0) is 95.7. The molecule has 139 heavy (non-hydrogen) atoms. The molecule has 1 unspecified atom stereocenters. The van der Waals surface area contributed by atoms with Crippen LogP contribution in [0, 0.1) is 0 Å². The van der Waals surface area contributed by atoms with Gasteiger partial charge in [-0.2, -0.15) is 0 Å². The smallest absolute Gasteiger partial charge is 0.152 e. The Morgan fingerprint density at radius 1 is 0.165 bits per heavy atom. The van der Waals surface area contributed by atoms with Gasteiger partial charge in [-0.3, -0.25) is 0 Å². The normalized spacial score (nSPS) is 14.9. The molecule has 0 N–H and O–H groups in total. The van der Waals surface area contributed by atoms with E-state index in [0.29, 0.717) is 0 Å². The second kappa shape index (κ2) is 49.3. The summed E-state index contributed by atoms with van der Waals surface area (Å²) in [6.45, 7) is 19.0. The van der Waals surface area contributed by atoms with E-state index in [0.717, 1.165) is 28.6 Å². The molecule has 0 saturated carbocycles. The molecule has 730 valence electrons. The van der Waals surface area contributed by atoms with E-state index in [2.05, 4.69) is 309 Å². The molecule has 0 amide bonds. The standard InChI is InChI=1S/C137H171NO/c1-9-17-25-33-41-62-87-135(88-63-42-34-26-18-10-2)122-76-58-56-74-112(122)118-100-128-120(102-126(118)135)114-82-78-107(96-124(114)137(128,91-65-44-36-28-20-12-4)92-66-45-37-29-21-13-5)109-80-84-130-132(98-109)139-131-97-108(79-83-129(131)138(130)133-115(104-69-51-47-52-70-104)93-110(103-67-49-46-50-68-103)94-116(133)105-71-53-48-54-72-105)106-77-81-113-119-101-125-117(99-127(119)136(123(113)95-106,89-61-40-32-24-16-8)90-64-43-35-27-19-11-3)111-73-55-57-75-121(111)134(125,85-59-38-30-22-14-6)86-60-39-31-23-15-7/h46-58,67-84,93-102H,9-45,59-66,85-92H2,1-8H3. The number of fused-ring (bicyclic) bond motifs is 14. The zero-order valence-corrected chi connectivity index (χ0v) is 87.5. The highest BCUT2D eigenvalue weighted by atomic mass is 16.5. The molecule has 0 fully saturated rings. The van der Waals surface area contributed by atoms with Gasteiger partial charge < -0.3 is 9.64 Å². The quantitative estimate of drug-likeness (QED) is 0.0352. The van der Waals surface area contributed by atoms with E-state index >= 15 is 0 Å². The van der Waals surface area contributed by atoms with Gasteiger partial charge in [0.15, 0.2) is 11.5 Å². The van der Waals surface area contributed by atoms with Crippen molar-refractivity contribution in [1.82, 2.24) is 0 Å². The van der Waals surface area contributed by atoms with Gasteiger partial charge in [-0.05, 0) is 258 Å². The third kappa shape index (κ3) is 21.9. The summed E-state index contributed by atoms with van der Waals surface area (Å²) in [4.78, 5) is 2.63. The third-order valence-corrected chi connectivity index (χ3v) is 34.3. The summed E-state index contributed by atoms with van der Waals surface area (Å²) in [6, 6.07) is 100. The van der Waals surface area contributed by atoms with Gasteiger partial charge in [-0.15, -0.1) is 0 Å². The minimum absolute atomic E-state index is 0.00372. The highest BCUT2D eigenvalue weighted by Crippen LogP contribution is 2.66. The van der Waals surface area contributed by atoms with Gasteiger partial charge in [0.1, 0.15) is 0 Å². The van der Waals surface area contributed by atoms with Crippen LogP contribution in [-0.2, 0) is 21.7 Å². The molecular formula is C137H171NO. The molecule has 0 aromatic heterocycles. The van der Waals surface area contributed by atoms with Gasteiger partial charge in [-0.25, -0.2) is 0 Å². The maximum Gasteiger partial charge on any atom is 0.152 e. The first-order chi connectivity index (χ1) is 68.6. The number of hydrogen-bond donors (Lipinski definition) is 0. The molecule has 2 heteroatoms. The van der Waals surface area contributed by atoms with E-state index in [1.807, 2.05) is 0 Å². The molecule has 0 bridgehead atoms. The lowest BCUT2D eigenvalue weighted by molar-refractivity contribution is 0.394. The summed E-state index contributed by atoms with van der Waals surface area (Å²) >= 11 is 0. The number of rotatable bonds is 59. The lowest BCUT2D eigenvalue weighted by Gasteiger charge is -2.36. The van der Waals surface area contributed by atoms with Gasteiger partial charge in [-0.1, -0.05) is 520 Å². The molecule has 17 rings (SSSR count). The summed E-state index contributed by atoms with van der Waals surface area (Å²) in [5.41, 5.74) is 39.9.